The van der Waals surface area contributed by atoms with Crippen LogP contribution in [0.15, 0.2) is 30.3 Å². The van der Waals surface area contributed by atoms with E-state index in [2.05, 4.69) is 21.0 Å². The number of nitrogens with zero attached hydrogens (tertiary/aromatic N) is 4. The summed E-state index contributed by atoms with van der Waals surface area (Å²) in [5, 5.41) is 12.2. The molecule has 3 rings (SSSR count). The van der Waals surface area contributed by atoms with Gasteiger partial charge in [0.25, 0.3) is 5.95 Å². The normalized spacial score (nSPS) is 10.7. The van der Waals surface area contributed by atoms with Crippen LogP contribution in [0.2, 0.25) is 15.1 Å². The van der Waals surface area contributed by atoms with E-state index in [1.54, 1.807) is 30.3 Å². The Labute approximate surface area is 170 Å². The second-order valence-corrected chi connectivity index (χ2v) is 6.59. The minimum Gasteiger partial charge on any atom is -0.493 e. The lowest BCUT2D eigenvalue weighted by Gasteiger charge is -2.15. The number of anilines is 1. The summed E-state index contributed by atoms with van der Waals surface area (Å²) < 4.78 is 11.2. The molecule has 0 unspecified atom stereocenters. The third-order valence-electron chi connectivity index (χ3n) is 3.68. The number of benzene rings is 2. The number of tetrazole rings is 1. The van der Waals surface area contributed by atoms with Crippen molar-refractivity contribution in [3.05, 3.63) is 56.5 Å². The van der Waals surface area contributed by atoms with Gasteiger partial charge in [-0.2, -0.15) is 0 Å². The maximum atomic E-state index is 6.36. The lowest BCUT2D eigenvalue weighted by atomic mass is 10.2. The summed E-state index contributed by atoms with van der Waals surface area (Å²) in [5.41, 5.74) is 9.96. The number of hydrogen-bond acceptors (Lipinski definition) is 7. The van der Waals surface area contributed by atoms with Crippen molar-refractivity contribution >= 4 is 40.8 Å². The van der Waals surface area contributed by atoms with E-state index < -0.39 is 0 Å². The van der Waals surface area contributed by atoms with E-state index in [4.69, 9.17) is 50.0 Å². The average Bonchev–Trinajstić information content (AvgIpc) is 3.05. The maximum absolute atomic E-state index is 6.36. The molecule has 0 aliphatic rings. The van der Waals surface area contributed by atoms with Gasteiger partial charge in [0.05, 0.1) is 13.7 Å². The summed E-state index contributed by atoms with van der Waals surface area (Å²) >= 11 is 18.7. The number of methoxy groups -OCH3 is 1. The molecule has 27 heavy (non-hydrogen) atoms. The minimum atomic E-state index is 0.134. The molecule has 0 bridgehead atoms. The second-order valence-electron chi connectivity index (χ2n) is 5.37. The van der Waals surface area contributed by atoms with Crippen molar-refractivity contribution < 1.29 is 9.47 Å². The summed E-state index contributed by atoms with van der Waals surface area (Å²) in [6.07, 6.45) is 0. The van der Waals surface area contributed by atoms with Gasteiger partial charge in [0, 0.05) is 26.7 Å². The van der Waals surface area contributed by atoms with E-state index in [0.29, 0.717) is 38.7 Å². The zero-order chi connectivity index (χ0) is 19.4. The van der Waals surface area contributed by atoms with Gasteiger partial charge < -0.3 is 20.6 Å². The minimum absolute atomic E-state index is 0.134. The first-order valence-corrected chi connectivity index (χ1v) is 8.82. The Morgan fingerprint density at radius 1 is 1.11 bits per heavy atom. The second kappa shape index (κ2) is 8.51. The summed E-state index contributed by atoms with van der Waals surface area (Å²) in [6, 6.07) is 8.67. The molecule has 3 aromatic rings. The number of hydrogen-bond donors (Lipinski definition) is 2. The van der Waals surface area contributed by atoms with Crippen LogP contribution in [0.4, 0.5) is 5.95 Å². The first kappa shape index (κ1) is 19.3. The lowest BCUT2D eigenvalue weighted by Crippen LogP contribution is -2.18. The first-order chi connectivity index (χ1) is 13.0. The van der Waals surface area contributed by atoms with Crippen molar-refractivity contribution in [1.82, 2.24) is 20.3 Å². The van der Waals surface area contributed by atoms with Crippen LogP contribution in [-0.4, -0.2) is 27.4 Å². The van der Waals surface area contributed by atoms with Crippen molar-refractivity contribution in [1.29, 1.82) is 0 Å². The largest absolute Gasteiger partial charge is 0.493 e. The highest BCUT2D eigenvalue weighted by molar-refractivity contribution is 6.36. The fourth-order valence-corrected chi connectivity index (χ4v) is 3.00. The summed E-state index contributed by atoms with van der Waals surface area (Å²) in [7, 11) is 1.54. The molecule has 0 saturated heterocycles. The molecule has 0 aliphatic heterocycles. The Bertz CT molecular complexity index is 930. The molecule has 1 aromatic heterocycles. The molecule has 142 valence electrons. The molecule has 0 atom stereocenters. The van der Waals surface area contributed by atoms with Gasteiger partial charge >= 0.3 is 0 Å². The quantitative estimate of drug-likeness (QED) is 0.592. The number of nitrogen functional groups attached to an aromatic ring is 1. The molecule has 0 spiro atoms. The molecule has 0 radical (unpaired) electrons. The van der Waals surface area contributed by atoms with Crippen molar-refractivity contribution in [2.45, 2.75) is 13.2 Å². The van der Waals surface area contributed by atoms with Crippen LogP contribution >= 0.6 is 34.8 Å². The monoisotopic (exact) mass is 428 g/mol. The molecule has 0 amide bonds. The Morgan fingerprint density at radius 2 is 1.85 bits per heavy atom. The van der Waals surface area contributed by atoms with Crippen LogP contribution in [0, 0.1) is 0 Å². The van der Waals surface area contributed by atoms with Gasteiger partial charge in [0.15, 0.2) is 11.5 Å². The summed E-state index contributed by atoms with van der Waals surface area (Å²) in [5.74, 6) is 1.10. The fraction of sp³-hybridized carbons (Fsp3) is 0.188. The topological polar surface area (TPSA) is 100 Å². The first-order valence-electron chi connectivity index (χ1n) is 7.69. The van der Waals surface area contributed by atoms with E-state index in [0.717, 1.165) is 5.56 Å². The Kier molecular flexibility index (Phi) is 6.10. The SMILES string of the molecule is COc1cc(CNn2nnnc2N)c(Cl)cc1OCc1c(Cl)cccc1Cl. The van der Waals surface area contributed by atoms with Gasteiger partial charge in [-0.1, -0.05) is 46.0 Å². The zero-order valence-electron chi connectivity index (χ0n) is 14.1. The molecule has 11 heteroatoms. The predicted octanol–water partition coefficient (Wildman–Crippen LogP) is 3.55. The zero-order valence-corrected chi connectivity index (χ0v) is 16.4. The number of halogens is 3. The van der Waals surface area contributed by atoms with Gasteiger partial charge in [-0.15, -0.1) is 4.79 Å². The molecule has 2 aromatic carbocycles. The smallest absolute Gasteiger partial charge is 0.260 e. The van der Waals surface area contributed by atoms with Crippen LogP contribution in [0.5, 0.6) is 11.5 Å². The predicted molar refractivity (Wildman–Crippen MR) is 104 cm³/mol. The number of aromatic nitrogens is 4. The van der Waals surface area contributed by atoms with E-state index >= 15 is 0 Å². The number of rotatable bonds is 7. The van der Waals surface area contributed by atoms with Crippen molar-refractivity contribution in [2.75, 3.05) is 18.3 Å². The molecule has 3 N–H and O–H groups in total. The van der Waals surface area contributed by atoms with Gasteiger partial charge in [-0.05, 0) is 34.2 Å². The molecule has 8 nitrogen and oxygen atoms in total. The van der Waals surface area contributed by atoms with Crippen LogP contribution in [0.1, 0.15) is 11.1 Å². The molecule has 0 fully saturated rings. The van der Waals surface area contributed by atoms with E-state index in [9.17, 15) is 0 Å². The van der Waals surface area contributed by atoms with Crippen molar-refractivity contribution in [3.8, 4) is 11.5 Å². The van der Waals surface area contributed by atoms with Gasteiger partial charge in [-0.3, -0.25) is 0 Å². The highest BCUT2D eigenvalue weighted by atomic mass is 35.5. The van der Waals surface area contributed by atoms with Crippen LogP contribution < -0.4 is 20.6 Å². The van der Waals surface area contributed by atoms with Crippen molar-refractivity contribution in [3.63, 3.8) is 0 Å². The van der Waals surface area contributed by atoms with Gasteiger partial charge in [0.1, 0.15) is 6.61 Å². The highest BCUT2D eigenvalue weighted by Gasteiger charge is 2.13. The molecule has 0 aliphatic carbocycles. The number of ether oxygens (including phenoxy) is 2. The Hall–Kier alpha value is -2.42. The van der Waals surface area contributed by atoms with Crippen LogP contribution in [0.3, 0.4) is 0 Å². The standard InChI is InChI=1S/C16H15Cl3N6O2/c1-26-14-5-9(7-21-25-16(20)22-23-24-25)13(19)6-15(14)27-8-10-11(17)3-2-4-12(10)18/h2-6,21H,7-8H2,1H3,(H2,20,22,24). The maximum Gasteiger partial charge on any atom is 0.260 e. The average molecular weight is 430 g/mol. The third-order valence-corrected chi connectivity index (χ3v) is 4.74. The lowest BCUT2D eigenvalue weighted by molar-refractivity contribution is 0.284. The summed E-state index contributed by atoms with van der Waals surface area (Å²) in [4.78, 5) is 1.24. The molecular formula is C16H15Cl3N6O2. The van der Waals surface area contributed by atoms with Crippen molar-refractivity contribution in [2.24, 2.45) is 0 Å². The summed E-state index contributed by atoms with van der Waals surface area (Å²) in [6.45, 7) is 0.491. The number of nitrogens with two attached hydrogens (primary N) is 1. The van der Waals surface area contributed by atoms with E-state index in [1.807, 2.05) is 0 Å². The van der Waals surface area contributed by atoms with Crippen LogP contribution in [-0.2, 0) is 13.2 Å². The number of nitrogens with one attached hydrogen (secondary N) is 1. The highest BCUT2D eigenvalue weighted by Crippen LogP contribution is 2.35. The Morgan fingerprint density at radius 3 is 2.48 bits per heavy atom. The van der Waals surface area contributed by atoms with E-state index in [1.165, 1.54) is 11.9 Å². The third kappa shape index (κ3) is 4.47. The van der Waals surface area contributed by atoms with Crippen LogP contribution in [0.25, 0.3) is 0 Å². The molecule has 0 saturated carbocycles. The van der Waals surface area contributed by atoms with E-state index in [-0.39, 0.29) is 12.6 Å². The molecule has 1 heterocycles. The fourth-order valence-electron chi connectivity index (χ4n) is 2.27. The molecular weight excluding hydrogens is 415 g/mol. The Balaban J connectivity index is 1.76. The van der Waals surface area contributed by atoms with Gasteiger partial charge in [0.2, 0.25) is 0 Å². The van der Waals surface area contributed by atoms with Gasteiger partial charge in [-0.25, -0.2) is 0 Å².